The van der Waals surface area contributed by atoms with Crippen LogP contribution in [0.15, 0.2) is 12.2 Å². The molecule has 0 aromatic heterocycles. The van der Waals surface area contributed by atoms with Crippen molar-refractivity contribution in [3.05, 3.63) is 12.2 Å². The van der Waals surface area contributed by atoms with Crippen LogP contribution in [0, 0.1) is 0 Å². The van der Waals surface area contributed by atoms with Gasteiger partial charge in [-0.15, -0.1) is 0 Å². The molecule has 0 unspecified atom stereocenters. The van der Waals surface area contributed by atoms with Crippen LogP contribution in [0.5, 0.6) is 0 Å². The first-order chi connectivity index (χ1) is 4.81. The molecule has 0 saturated carbocycles. The predicted molar refractivity (Wildman–Crippen MR) is 44.2 cm³/mol. The summed E-state index contributed by atoms with van der Waals surface area (Å²) in [4.78, 5) is 10.5. The maximum atomic E-state index is 10.5. The maximum absolute atomic E-state index is 10.5. The minimum Gasteiger partial charge on any atom is -0.469 e. The zero-order valence-electron chi connectivity index (χ0n) is 6.04. The van der Waals surface area contributed by atoms with E-state index in [0.717, 1.165) is 12.2 Å². The van der Waals surface area contributed by atoms with E-state index in [9.17, 15) is 4.79 Å². The number of carbonyl (C=O) groups excluding carboxylic acids is 1. The lowest BCUT2D eigenvalue weighted by Gasteiger charge is -1.90. The number of ether oxygens (including phenoxy) is 1. The van der Waals surface area contributed by atoms with E-state index in [1.54, 1.807) is 6.08 Å². The topological polar surface area (TPSA) is 26.3 Å². The van der Waals surface area contributed by atoms with Gasteiger partial charge in [-0.2, -0.15) is 12.6 Å². The molecule has 0 rings (SSSR count). The third-order valence-corrected chi connectivity index (χ3v) is 1.23. The van der Waals surface area contributed by atoms with Crippen LogP contribution in [-0.2, 0) is 9.53 Å². The Bertz CT molecular complexity index is 121. The Labute approximate surface area is 66.7 Å². The van der Waals surface area contributed by atoms with Gasteiger partial charge >= 0.3 is 5.97 Å². The molecule has 0 aliphatic heterocycles. The molecule has 0 aromatic carbocycles. The molecule has 0 amide bonds. The van der Waals surface area contributed by atoms with Gasteiger partial charge < -0.3 is 4.74 Å². The van der Waals surface area contributed by atoms with E-state index in [4.69, 9.17) is 0 Å². The van der Waals surface area contributed by atoms with Crippen molar-refractivity contribution >= 4 is 18.6 Å². The highest BCUT2D eigenvalue weighted by molar-refractivity contribution is 7.80. The van der Waals surface area contributed by atoms with Gasteiger partial charge in [0.1, 0.15) is 0 Å². The van der Waals surface area contributed by atoms with Crippen LogP contribution in [0.2, 0.25) is 0 Å². The van der Waals surface area contributed by atoms with Crippen molar-refractivity contribution in [2.24, 2.45) is 0 Å². The maximum Gasteiger partial charge on any atom is 0.309 e. The number of methoxy groups -OCH3 is 1. The smallest absolute Gasteiger partial charge is 0.309 e. The second-order valence-corrected chi connectivity index (χ2v) is 2.21. The summed E-state index contributed by atoms with van der Waals surface area (Å²) in [6.07, 6.45) is 4.98. The van der Waals surface area contributed by atoms with Crippen LogP contribution in [0.1, 0.15) is 12.8 Å². The minimum atomic E-state index is -0.199. The van der Waals surface area contributed by atoms with E-state index >= 15 is 0 Å². The predicted octanol–water partition coefficient (Wildman–Crippen LogP) is 1.43. The summed E-state index contributed by atoms with van der Waals surface area (Å²) >= 11 is 4.00. The number of hydrogen-bond donors (Lipinski definition) is 1. The Balaban J connectivity index is 3.25. The van der Waals surface area contributed by atoms with E-state index in [2.05, 4.69) is 17.4 Å². The van der Waals surface area contributed by atoms with Gasteiger partial charge in [-0.25, -0.2) is 0 Å². The SMILES string of the molecule is COC(=O)C/C=C/CCS. The Morgan fingerprint density at radius 3 is 2.80 bits per heavy atom. The zero-order valence-corrected chi connectivity index (χ0v) is 6.93. The molecule has 0 atom stereocenters. The van der Waals surface area contributed by atoms with Gasteiger partial charge in [0, 0.05) is 0 Å². The third kappa shape index (κ3) is 5.69. The molecule has 0 radical (unpaired) electrons. The molecule has 0 aliphatic rings. The molecular weight excluding hydrogens is 148 g/mol. The minimum absolute atomic E-state index is 0.199. The molecule has 0 bridgehead atoms. The second kappa shape index (κ2) is 6.68. The van der Waals surface area contributed by atoms with E-state index < -0.39 is 0 Å². The fourth-order valence-electron chi connectivity index (χ4n) is 0.455. The normalized spacial score (nSPS) is 10.2. The highest BCUT2D eigenvalue weighted by atomic mass is 32.1. The lowest BCUT2D eigenvalue weighted by atomic mass is 10.3. The summed E-state index contributed by atoms with van der Waals surface area (Å²) < 4.78 is 4.42. The van der Waals surface area contributed by atoms with Gasteiger partial charge in [-0.05, 0) is 12.2 Å². The molecule has 0 spiro atoms. The van der Waals surface area contributed by atoms with Crippen LogP contribution in [0.3, 0.4) is 0 Å². The molecule has 58 valence electrons. The fourth-order valence-corrected chi connectivity index (χ4v) is 0.604. The summed E-state index contributed by atoms with van der Waals surface area (Å²) in [7, 11) is 1.38. The molecule has 0 N–H and O–H groups in total. The summed E-state index contributed by atoms with van der Waals surface area (Å²) in [5.74, 6) is 0.618. The first-order valence-electron chi connectivity index (χ1n) is 3.14. The number of rotatable bonds is 4. The molecule has 0 saturated heterocycles. The molecule has 10 heavy (non-hydrogen) atoms. The van der Waals surface area contributed by atoms with Gasteiger partial charge in [-0.1, -0.05) is 12.2 Å². The van der Waals surface area contributed by atoms with Gasteiger partial charge in [0.2, 0.25) is 0 Å². The quantitative estimate of drug-likeness (QED) is 0.382. The van der Waals surface area contributed by atoms with Crippen LogP contribution in [0.25, 0.3) is 0 Å². The molecule has 0 heterocycles. The first-order valence-corrected chi connectivity index (χ1v) is 3.77. The molecule has 0 aliphatic carbocycles. The van der Waals surface area contributed by atoms with Crippen molar-refractivity contribution in [1.29, 1.82) is 0 Å². The standard InChI is InChI=1S/C7H12O2S/c1-9-7(8)5-3-2-4-6-10/h2-3,10H,4-6H2,1H3/b3-2+. The van der Waals surface area contributed by atoms with Crippen LogP contribution in [-0.4, -0.2) is 18.8 Å². The van der Waals surface area contributed by atoms with E-state index in [1.807, 2.05) is 6.08 Å². The van der Waals surface area contributed by atoms with Crippen LogP contribution < -0.4 is 0 Å². The van der Waals surface area contributed by atoms with Crippen molar-refractivity contribution < 1.29 is 9.53 Å². The molecular formula is C7H12O2S. The number of allylic oxidation sites excluding steroid dienone is 1. The summed E-state index contributed by atoms with van der Waals surface area (Å²) in [5, 5.41) is 0. The lowest BCUT2D eigenvalue weighted by Crippen LogP contribution is -1.96. The summed E-state index contributed by atoms with van der Waals surface area (Å²) in [6.45, 7) is 0. The highest BCUT2D eigenvalue weighted by Crippen LogP contribution is 1.90. The summed E-state index contributed by atoms with van der Waals surface area (Å²) in [6, 6.07) is 0. The van der Waals surface area contributed by atoms with Gasteiger partial charge in [0.15, 0.2) is 0 Å². The monoisotopic (exact) mass is 160 g/mol. The molecule has 2 nitrogen and oxygen atoms in total. The number of carbonyl (C=O) groups is 1. The van der Waals surface area contributed by atoms with Crippen molar-refractivity contribution in [3.8, 4) is 0 Å². The average molecular weight is 160 g/mol. The van der Waals surface area contributed by atoms with E-state index in [1.165, 1.54) is 7.11 Å². The zero-order chi connectivity index (χ0) is 7.82. The van der Waals surface area contributed by atoms with Crippen LogP contribution in [0.4, 0.5) is 0 Å². The Morgan fingerprint density at radius 1 is 1.60 bits per heavy atom. The number of thiol groups is 1. The summed E-state index contributed by atoms with van der Waals surface area (Å²) in [5.41, 5.74) is 0. The number of esters is 1. The fraction of sp³-hybridized carbons (Fsp3) is 0.571. The van der Waals surface area contributed by atoms with Gasteiger partial charge in [0.05, 0.1) is 13.5 Å². The Hall–Kier alpha value is -0.440. The largest absolute Gasteiger partial charge is 0.469 e. The van der Waals surface area contributed by atoms with Gasteiger partial charge in [0.25, 0.3) is 0 Å². The van der Waals surface area contributed by atoms with E-state index in [0.29, 0.717) is 6.42 Å². The Kier molecular flexibility index (Phi) is 6.38. The van der Waals surface area contributed by atoms with Crippen molar-refractivity contribution in [3.63, 3.8) is 0 Å². The third-order valence-electron chi connectivity index (χ3n) is 0.975. The molecule has 3 heteroatoms. The van der Waals surface area contributed by atoms with Crippen molar-refractivity contribution in [2.45, 2.75) is 12.8 Å². The highest BCUT2D eigenvalue weighted by Gasteiger charge is 1.92. The van der Waals surface area contributed by atoms with Crippen molar-refractivity contribution in [1.82, 2.24) is 0 Å². The first kappa shape index (κ1) is 9.56. The lowest BCUT2D eigenvalue weighted by molar-refractivity contribution is -0.139. The average Bonchev–Trinajstić information content (AvgIpc) is 1.98. The molecule has 0 aromatic rings. The van der Waals surface area contributed by atoms with Gasteiger partial charge in [-0.3, -0.25) is 4.79 Å². The Morgan fingerprint density at radius 2 is 2.30 bits per heavy atom. The number of hydrogen-bond acceptors (Lipinski definition) is 3. The van der Waals surface area contributed by atoms with E-state index in [-0.39, 0.29) is 5.97 Å². The second-order valence-electron chi connectivity index (χ2n) is 1.76. The van der Waals surface area contributed by atoms with Crippen LogP contribution >= 0.6 is 12.6 Å². The van der Waals surface area contributed by atoms with Crippen molar-refractivity contribution in [2.75, 3.05) is 12.9 Å². The molecule has 0 fully saturated rings.